The van der Waals surface area contributed by atoms with Gasteiger partial charge in [0.2, 0.25) is 0 Å². The topological polar surface area (TPSA) is 26.0 Å². The van der Waals surface area contributed by atoms with Gasteiger partial charge in [-0.1, -0.05) is 32.0 Å². The molecule has 2 aromatic carbocycles. The summed E-state index contributed by atoms with van der Waals surface area (Å²) in [6.07, 6.45) is 1.68. The first-order chi connectivity index (χ1) is 11.4. The van der Waals surface area contributed by atoms with Crippen molar-refractivity contribution < 1.29 is 10.2 Å². The summed E-state index contributed by atoms with van der Waals surface area (Å²) in [5.41, 5.74) is 3.39. The van der Waals surface area contributed by atoms with E-state index in [2.05, 4.69) is 4.98 Å². The van der Waals surface area contributed by atoms with E-state index in [1.165, 1.54) is 6.07 Å². The van der Waals surface area contributed by atoms with E-state index in [0.29, 0.717) is 22.2 Å². The van der Waals surface area contributed by atoms with E-state index in [-0.39, 0.29) is 5.82 Å². The van der Waals surface area contributed by atoms with E-state index in [1.807, 2.05) is 50.2 Å². The Morgan fingerprint density at radius 2 is 1.96 bits per heavy atom. The molecule has 0 aliphatic heterocycles. The third-order valence-corrected chi connectivity index (χ3v) is 4.09. The van der Waals surface area contributed by atoms with Crippen LogP contribution in [0.4, 0.5) is 4.39 Å². The molecule has 0 unspecified atom stereocenters. The van der Waals surface area contributed by atoms with Crippen molar-refractivity contribution in [2.75, 3.05) is 0 Å². The molecule has 0 amide bonds. The third kappa shape index (κ3) is 2.20. The van der Waals surface area contributed by atoms with Crippen molar-refractivity contribution in [2.24, 2.45) is 0 Å². The fourth-order valence-corrected chi connectivity index (χ4v) is 2.88. The Hall–Kier alpha value is -2.68. The van der Waals surface area contributed by atoms with Gasteiger partial charge in [0, 0.05) is 18.5 Å². The van der Waals surface area contributed by atoms with Crippen molar-refractivity contribution in [1.82, 2.24) is 4.98 Å². The molecule has 23 heavy (non-hydrogen) atoms. The first kappa shape index (κ1) is 12.8. The number of hydrogen-bond donors (Lipinski definition) is 0. The lowest BCUT2D eigenvalue weighted by molar-refractivity contribution is 0.634. The van der Waals surface area contributed by atoms with E-state index < -0.39 is 5.89 Å². The Balaban J connectivity index is 2.03. The maximum atomic E-state index is 14.4. The second-order valence-electron chi connectivity index (χ2n) is 5.83. The summed E-state index contributed by atoms with van der Waals surface area (Å²) in [5, 5.41) is 1.23. The molecule has 114 valence electrons. The number of benzene rings is 2. The van der Waals surface area contributed by atoms with Crippen molar-refractivity contribution in [3.05, 3.63) is 66.1 Å². The second kappa shape index (κ2) is 5.20. The molecule has 2 nitrogen and oxygen atoms in total. The van der Waals surface area contributed by atoms with Crippen LogP contribution in [0.2, 0.25) is 0 Å². The van der Waals surface area contributed by atoms with Crippen molar-refractivity contribution in [1.29, 1.82) is 0 Å². The van der Waals surface area contributed by atoms with Gasteiger partial charge in [-0.15, -0.1) is 0 Å². The summed E-state index contributed by atoms with van der Waals surface area (Å²) in [6.45, 7) is 3.65. The number of aromatic nitrogens is 1. The number of nitrogens with zero attached hydrogens (tertiary/aromatic N) is 1. The summed E-state index contributed by atoms with van der Waals surface area (Å²) >= 11 is 0. The first-order valence-electron chi connectivity index (χ1n) is 8.02. The average molecular weight is 306 g/mol. The molecule has 0 aliphatic carbocycles. The number of halogens is 1. The Bertz CT molecular complexity index is 1060. The lowest BCUT2D eigenvalue weighted by Gasteiger charge is -2.08. The minimum atomic E-state index is -0.731. The van der Waals surface area contributed by atoms with Crippen LogP contribution < -0.4 is 0 Å². The summed E-state index contributed by atoms with van der Waals surface area (Å²) in [5.74, 6) is -1.04. The average Bonchev–Trinajstić information content (AvgIpc) is 2.95. The minimum absolute atomic E-state index is 0.310. The van der Waals surface area contributed by atoms with Gasteiger partial charge in [-0.3, -0.25) is 4.98 Å². The standard InChI is InChI=1S/C20H16FNO/c1-12(2)13-9-10-22-17(11-13)14-7-8-16(21)19-15-5-3-4-6-18(15)23-20(14)19/h3-12H,1-2H3/i12D. The van der Waals surface area contributed by atoms with Gasteiger partial charge in [-0.05, 0) is 41.8 Å². The summed E-state index contributed by atoms with van der Waals surface area (Å²) < 4.78 is 28.5. The number of para-hydroxylation sites is 1. The lowest BCUT2D eigenvalue weighted by Crippen LogP contribution is -1.91. The summed E-state index contributed by atoms with van der Waals surface area (Å²) in [4.78, 5) is 4.41. The highest BCUT2D eigenvalue weighted by atomic mass is 19.1. The molecule has 0 saturated carbocycles. The van der Waals surface area contributed by atoms with E-state index in [9.17, 15) is 4.39 Å². The highest BCUT2D eigenvalue weighted by Crippen LogP contribution is 2.37. The van der Waals surface area contributed by atoms with E-state index in [0.717, 1.165) is 16.5 Å². The van der Waals surface area contributed by atoms with Crippen LogP contribution >= 0.6 is 0 Å². The molecule has 0 radical (unpaired) electrons. The van der Waals surface area contributed by atoms with Gasteiger partial charge in [-0.25, -0.2) is 4.39 Å². The van der Waals surface area contributed by atoms with Crippen molar-refractivity contribution in [3.8, 4) is 11.3 Å². The second-order valence-corrected chi connectivity index (χ2v) is 5.83. The zero-order valence-corrected chi connectivity index (χ0v) is 12.9. The van der Waals surface area contributed by atoms with Gasteiger partial charge in [-0.2, -0.15) is 0 Å². The normalized spacial score (nSPS) is 12.7. The van der Waals surface area contributed by atoms with E-state index in [1.54, 1.807) is 12.3 Å². The van der Waals surface area contributed by atoms with Crippen LogP contribution in [0.25, 0.3) is 33.2 Å². The quantitative estimate of drug-likeness (QED) is 0.460. The van der Waals surface area contributed by atoms with Crippen molar-refractivity contribution >= 4 is 21.9 Å². The Labute approximate surface area is 135 Å². The predicted molar refractivity (Wildman–Crippen MR) is 91.0 cm³/mol. The molecule has 0 fully saturated rings. The number of rotatable bonds is 2. The van der Waals surface area contributed by atoms with E-state index in [4.69, 9.17) is 5.79 Å². The van der Waals surface area contributed by atoms with Crippen LogP contribution in [-0.2, 0) is 0 Å². The van der Waals surface area contributed by atoms with Crippen LogP contribution in [0.5, 0.6) is 0 Å². The highest BCUT2D eigenvalue weighted by Gasteiger charge is 2.16. The maximum absolute atomic E-state index is 14.4. The molecule has 4 rings (SSSR count). The number of fused-ring (bicyclic) bond motifs is 3. The Morgan fingerprint density at radius 1 is 1.13 bits per heavy atom. The summed E-state index contributed by atoms with van der Waals surface area (Å²) in [6, 6.07) is 14.2. The first-order valence-corrected chi connectivity index (χ1v) is 7.52. The van der Waals surface area contributed by atoms with Crippen LogP contribution in [-0.4, -0.2) is 4.98 Å². The van der Waals surface area contributed by atoms with Gasteiger partial charge in [0.1, 0.15) is 17.0 Å². The predicted octanol–water partition coefficient (Wildman–Crippen LogP) is 5.91. The molecule has 2 heterocycles. The van der Waals surface area contributed by atoms with Crippen LogP contribution in [0, 0.1) is 5.82 Å². The van der Waals surface area contributed by atoms with Crippen LogP contribution in [0.1, 0.15) is 26.7 Å². The molecule has 0 N–H and O–H groups in total. The molecule has 3 heteroatoms. The minimum Gasteiger partial charge on any atom is -0.455 e. The molecule has 0 saturated heterocycles. The molecule has 0 aliphatic rings. The SMILES string of the molecule is [2H]C(C)(C)c1ccnc(-c2ccc(F)c3c2oc2ccccc23)c1. The van der Waals surface area contributed by atoms with Crippen molar-refractivity contribution in [2.45, 2.75) is 19.7 Å². The van der Waals surface area contributed by atoms with E-state index >= 15 is 0 Å². The number of hydrogen-bond acceptors (Lipinski definition) is 2. The molecule has 0 atom stereocenters. The third-order valence-electron chi connectivity index (χ3n) is 4.09. The zero-order valence-electron chi connectivity index (χ0n) is 13.9. The molecule has 0 spiro atoms. The Kier molecular flexibility index (Phi) is 2.90. The fourth-order valence-electron chi connectivity index (χ4n) is 2.88. The van der Waals surface area contributed by atoms with Gasteiger partial charge in [0.15, 0.2) is 0 Å². The Morgan fingerprint density at radius 3 is 2.78 bits per heavy atom. The smallest absolute Gasteiger partial charge is 0.147 e. The number of pyridine rings is 1. The summed E-state index contributed by atoms with van der Waals surface area (Å²) in [7, 11) is 0. The van der Waals surface area contributed by atoms with Crippen molar-refractivity contribution in [3.63, 3.8) is 0 Å². The van der Waals surface area contributed by atoms with Gasteiger partial charge < -0.3 is 4.42 Å². The monoisotopic (exact) mass is 306 g/mol. The maximum Gasteiger partial charge on any atom is 0.147 e. The van der Waals surface area contributed by atoms with Gasteiger partial charge >= 0.3 is 0 Å². The van der Waals surface area contributed by atoms with Gasteiger partial charge in [0.25, 0.3) is 0 Å². The van der Waals surface area contributed by atoms with Crippen LogP contribution in [0.3, 0.4) is 0 Å². The molecular weight excluding hydrogens is 289 g/mol. The lowest BCUT2D eigenvalue weighted by atomic mass is 10.0. The van der Waals surface area contributed by atoms with Crippen LogP contribution in [0.15, 0.2) is 59.1 Å². The number of furan rings is 1. The fraction of sp³-hybridized carbons (Fsp3) is 0.150. The zero-order chi connectivity index (χ0) is 16.9. The molecular formula is C20H16FNO. The molecule has 2 aromatic heterocycles. The molecule has 4 aromatic rings. The highest BCUT2D eigenvalue weighted by molar-refractivity contribution is 6.09. The van der Waals surface area contributed by atoms with Gasteiger partial charge in [0.05, 0.1) is 11.1 Å². The molecule has 0 bridgehead atoms. The largest absolute Gasteiger partial charge is 0.455 e.